The van der Waals surface area contributed by atoms with Gasteiger partial charge < -0.3 is 41.7 Å². The van der Waals surface area contributed by atoms with Crippen molar-refractivity contribution in [3.05, 3.63) is 101 Å². The molecule has 79 heavy (non-hydrogen) atoms. The summed E-state index contributed by atoms with van der Waals surface area (Å²) in [4.78, 5) is 88.4. The summed E-state index contributed by atoms with van der Waals surface area (Å²) < 4.78 is 1.91. The Morgan fingerprint density at radius 3 is 1.65 bits per heavy atom. The maximum Gasteiger partial charge on any atom is 0.246 e. The topological polar surface area (TPSA) is 214 Å². The van der Waals surface area contributed by atoms with Crippen LogP contribution in [0.3, 0.4) is 0 Å². The predicted molar refractivity (Wildman–Crippen MR) is 306 cm³/mol. The van der Waals surface area contributed by atoms with Crippen LogP contribution in [-0.4, -0.2) is 136 Å². The standard InChI is InChI=1S/C61H88N12O6/c1-38(62-9)54(74)68-52(60(3,4)5)58(78)70-36-44(31-50(70)56(76)66-48-27-17-23-42-21-13-15-25-46(42)48)72-34-40(29-30-64-72)19-11-12-20-41-33-65-73(35-41)45-32-51(57(77)67-49-28-18-24-43-22-14-16-26-47(43)49)71(37-45)59(79)53(61(6,7)8)69-55(75)39(2)63-10/h13-16,21-22,25-26,30,33-35,38-39,44-45,48-53,62-63H,11-12,17-20,23-24,27-29,31-32,36-37H2,1-10H3,(H,66,76)(H,67,77)(H,68,74)(H,69,75)/t38-,39-,44-,45-,48+,49+,50-,51-,52+,53+/m0/s1. The Kier molecular flexibility index (Phi) is 18.9. The first kappa shape index (κ1) is 58.7. The van der Waals surface area contributed by atoms with E-state index >= 15 is 0 Å². The molecule has 8 rings (SSSR count). The average molecular weight is 1090 g/mol. The fraction of sp³-hybridized carbons (Fsp3) is 0.607. The van der Waals surface area contributed by atoms with Crippen LogP contribution < -0.4 is 31.9 Å². The van der Waals surface area contributed by atoms with Crippen LogP contribution >= 0.6 is 0 Å². The normalized spacial score (nSPS) is 23.6. The largest absolute Gasteiger partial charge is 0.347 e. The second kappa shape index (κ2) is 25.4. The molecule has 428 valence electrons. The highest BCUT2D eigenvalue weighted by atomic mass is 16.2. The fourth-order valence-corrected chi connectivity index (χ4v) is 12.0. The molecule has 3 aromatic rings. The molecule has 0 unspecified atom stereocenters. The third-order valence-corrected chi connectivity index (χ3v) is 17.1. The molecule has 1 aromatic heterocycles. The van der Waals surface area contributed by atoms with Gasteiger partial charge in [-0.25, -0.2) is 0 Å². The molecule has 10 atom stereocenters. The van der Waals surface area contributed by atoms with E-state index in [9.17, 15) is 28.8 Å². The van der Waals surface area contributed by atoms with Gasteiger partial charge in [-0.15, -0.1) is 0 Å². The van der Waals surface area contributed by atoms with Crippen molar-refractivity contribution < 1.29 is 28.8 Å². The Morgan fingerprint density at radius 2 is 1.14 bits per heavy atom. The molecule has 2 saturated heterocycles. The van der Waals surface area contributed by atoms with Crippen molar-refractivity contribution in [2.24, 2.45) is 15.9 Å². The Labute approximate surface area is 468 Å². The van der Waals surface area contributed by atoms with Gasteiger partial charge in [0.1, 0.15) is 24.2 Å². The summed E-state index contributed by atoms with van der Waals surface area (Å²) in [7, 11) is 3.41. The number of nitrogens with one attached hydrogen (secondary N) is 6. The highest BCUT2D eigenvalue weighted by Crippen LogP contribution is 2.36. The van der Waals surface area contributed by atoms with Gasteiger partial charge in [0.05, 0.1) is 42.4 Å². The monoisotopic (exact) mass is 1080 g/mol. The maximum atomic E-state index is 14.8. The molecule has 0 radical (unpaired) electrons. The summed E-state index contributed by atoms with van der Waals surface area (Å²) in [5.41, 5.74) is 5.71. The molecule has 2 fully saturated rings. The highest BCUT2D eigenvalue weighted by Gasteiger charge is 2.49. The second-order valence-electron chi connectivity index (χ2n) is 24.9. The number of benzene rings is 2. The van der Waals surface area contributed by atoms with Gasteiger partial charge in [-0.1, -0.05) is 90.1 Å². The number of aromatic nitrogens is 2. The number of likely N-dealkylation sites (N-methyl/N-ethyl adjacent to an activating group) is 2. The first-order valence-electron chi connectivity index (χ1n) is 29.0. The van der Waals surface area contributed by atoms with Gasteiger partial charge in [0, 0.05) is 51.0 Å². The van der Waals surface area contributed by atoms with Crippen LogP contribution in [0.5, 0.6) is 0 Å². The number of fused-ring (bicyclic) bond motifs is 2. The molecular weight excluding hydrogens is 997 g/mol. The molecule has 0 saturated carbocycles. The minimum atomic E-state index is -0.867. The maximum absolute atomic E-state index is 14.8. The van der Waals surface area contributed by atoms with E-state index in [1.54, 1.807) is 37.7 Å². The predicted octanol–water partition coefficient (Wildman–Crippen LogP) is 5.95. The molecule has 4 heterocycles. The SMILES string of the molecule is CN[C@@H](C)C(=O)N[C@H](C(=O)N1C[C@@H](N2C=C(CCCCc3cnn([C@H]4C[C@@H](C(=O)N[C@@H]5CCCc6ccccc65)N(C(=O)[C@@H](NC(=O)[C@H](C)NC)C(C)(C)C)C4)c3)CC=N2)C[C@H]1C(=O)N[C@@H]1CCCc2ccccc21)C(C)(C)C. The molecule has 0 spiro atoms. The zero-order valence-corrected chi connectivity index (χ0v) is 48.4. The number of nitrogens with zero attached hydrogens (tertiary/aromatic N) is 6. The van der Waals surface area contributed by atoms with Crippen LogP contribution in [0.15, 0.2) is 77.8 Å². The lowest BCUT2D eigenvalue weighted by Gasteiger charge is -2.36. The summed E-state index contributed by atoms with van der Waals surface area (Å²) in [6.07, 6.45) is 18.3. The number of allylic oxidation sites excluding steroid dienone is 1. The van der Waals surface area contributed by atoms with Gasteiger partial charge in [-0.05, 0) is 136 Å². The Hall–Kier alpha value is -6.40. The summed E-state index contributed by atoms with van der Waals surface area (Å²) >= 11 is 0. The van der Waals surface area contributed by atoms with E-state index < -0.39 is 47.1 Å². The number of unbranched alkanes of at least 4 members (excludes halogenated alkanes) is 1. The van der Waals surface area contributed by atoms with Gasteiger partial charge in [0.2, 0.25) is 35.4 Å². The average Bonchev–Trinajstić information content (AvgIpc) is 4.35. The number of hydrogen-bond donors (Lipinski definition) is 6. The van der Waals surface area contributed by atoms with Gasteiger partial charge >= 0.3 is 0 Å². The Balaban J connectivity index is 0.926. The lowest BCUT2D eigenvalue weighted by Crippen LogP contribution is -2.59. The quantitative estimate of drug-likeness (QED) is 0.0777. The molecular formula is C61H88N12O6. The van der Waals surface area contributed by atoms with Gasteiger partial charge in [0.15, 0.2) is 0 Å². The molecule has 18 heteroatoms. The number of carbonyl (C=O) groups excluding carboxylic acids is 6. The van der Waals surface area contributed by atoms with E-state index in [1.165, 1.54) is 16.7 Å². The van der Waals surface area contributed by atoms with E-state index in [-0.39, 0.29) is 72.7 Å². The van der Waals surface area contributed by atoms with E-state index in [1.807, 2.05) is 94.1 Å². The van der Waals surface area contributed by atoms with Crippen LogP contribution in [0.25, 0.3) is 0 Å². The molecule has 5 aliphatic rings. The van der Waals surface area contributed by atoms with Crippen LogP contribution in [0.2, 0.25) is 0 Å². The second-order valence-corrected chi connectivity index (χ2v) is 24.9. The summed E-state index contributed by atoms with van der Waals surface area (Å²) in [6, 6.07) is 11.4. The number of likely N-dealkylation sites (tertiary alicyclic amines) is 2. The molecule has 6 N–H and O–H groups in total. The van der Waals surface area contributed by atoms with E-state index in [4.69, 9.17) is 10.2 Å². The first-order chi connectivity index (χ1) is 37.6. The fourth-order valence-electron chi connectivity index (χ4n) is 12.0. The van der Waals surface area contributed by atoms with E-state index in [0.29, 0.717) is 19.3 Å². The van der Waals surface area contributed by atoms with Crippen LogP contribution in [-0.2, 0) is 48.0 Å². The highest BCUT2D eigenvalue weighted by molar-refractivity contribution is 5.95. The molecule has 0 bridgehead atoms. The van der Waals surface area contributed by atoms with Crippen molar-refractivity contribution in [1.82, 2.24) is 56.5 Å². The third-order valence-electron chi connectivity index (χ3n) is 17.1. The van der Waals surface area contributed by atoms with Crippen LogP contribution in [0, 0.1) is 10.8 Å². The Bertz CT molecular complexity index is 2740. The number of amides is 6. The number of hydrazone groups is 1. The smallest absolute Gasteiger partial charge is 0.246 e. The van der Waals surface area contributed by atoms with Crippen molar-refractivity contribution in [3.63, 3.8) is 0 Å². The Morgan fingerprint density at radius 1 is 0.658 bits per heavy atom. The molecule has 3 aliphatic heterocycles. The lowest BCUT2D eigenvalue weighted by molar-refractivity contribution is -0.144. The number of hydrogen-bond acceptors (Lipinski definition) is 11. The lowest BCUT2D eigenvalue weighted by atomic mass is 9.85. The van der Waals surface area contributed by atoms with Crippen LogP contribution in [0.4, 0.5) is 0 Å². The summed E-state index contributed by atoms with van der Waals surface area (Å²) in [5.74, 6) is -1.55. The van der Waals surface area contributed by atoms with E-state index in [2.05, 4.69) is 62.4 Å². The molecule has 6 amide bonds. The van der Waals surface area contributed by atoms with Crippen molar-refractivity contribution >= 4 is 41.7 Å². The zero-order valence-electron chi connectivity index (χ0n) is 48.4. The number of carbonyl (C=O) groups is 6. The van der Waals surface area contributed by atoms with Crippen molar-refractivity contribution in [2.45, 2.75) is 199 Å². The van der Waals surface area contributed by atoms with Gasteiger partial charge in [-0.2, -0.15) is 10.2 Å². The molecule has 2 aromatic carbocycles. The number of rotatable bonds is 19. The zero-order chi connectivity index (χ0) is 56.8. The summed E-state index contributed by atoms with van der Waals surface area (Å²) in [6.45, 7) is 15.6. The van der Waals surface area contributed by atoms with E-state index in [0.717, 1.165) is 80.9 Å². The van der Waals surface area contributed by atoms with Gasteiger partial charge in [0.25, 0.3) is 0 Å². The van der Waals surface area contributed by atoms with Crippen molar-refractivity contribution in [1.29, 1.82) is 0 Å². The van der Waals surface area contributed by atoms with Crippen LogP contribution in [0.1, 0.15) is 166 Å². The molecule has 2 aliphatic carbocycles. The van der Waals surface area contributed by atoms with Crippen molar-refractivity contribution in [3.8, 4) is 0 Å². The minimum absolute atomic E-state index is 0.153. The minimum Gasteiger partial charge on any atom is -0.347 e. The third kappa shape index (κ3) is 14.0. The summed E-state index contributed by atoms with van der Waals surface area (Å²) in [5, 5.41) is 30.2. The number of aryl methyl sites for hydroxylation is 3. The van der Waals surface area contributed by atoms with Gasteiger partial charge in [-0.3, -0.25) is 38.5 Å². The first-order valence-corrected chi connectivity index (χ1v) is 29.0. The molecule has 18 nitrogen and oxygen atoms in total. The van der Waals surface area contributed by atoms with Crippen molar-refractivity contribution in [2.75, 3.05) is 27.2 Å².